The van der Waals surface area contributed by atoms with Gasteiger partial charge in [-0.05, 0) is 97.0 Å². The van der Waals surface area contributed by atoms with E-state index < -0.39 is 21.3 Å². The highest BCUT2D eigenvalue weighted by Gasteiger charge is 2.60. The number of carbonyl (C=O) groups is 2. The molecule has 9 nitrogen and oxygen atoms in total. The third-order valence-corrected chi connectivity index (χ3v) is 14.3. The molecule has 10 heteroatoms. The van der Waals surface area contributed by atoms with E-state index in [9.17, 15) is 22.6 Å². The first kappa shape index (κ1) is 35.6. The van der Waals surface area contributed by atoms with E-state index in [0.29, 0.717) is 43.2 Å². The average molecular weight is 663 g/mol. The first-order valence-corrected chi connectivity index (χ1v) is 19.2. The summed E-state index contributed by atoms with van der Waals surface area (Å²) in [6.45, 7) is 19.0. The summed E-state index contributed by atoms with van der Waals surface area (Å²) >= 11 is 0. The van der Waals surface area contributed by atoms with E-state index in [1.54, 1.807) is 0 Å². The van der Waals surface area contributed by atoms with Gasteiger partial charge in [0.15, 0.2) is 0 Å². The molecule has 0 spiro atoms. The Labute approximate surface area is 276 Å². The van der Waals surface area contributed by atoms with Gasteiger partial charge < -0.3 is 15.2 Å². The van der Waals surface area contributed by atoms with Crippen LogP contribution < -0.4 is 5.32 Å². The third kappa shape index (κ3) is 6.74. The van der Waals surface area contributed by atoms with Crippen LogP contribution in [0, 0.1) is 40.4 Å². The highest BCUT2D eigenvalue weighted by Crippen LogP contribution is 2.58. The molecule has 2 saturated carbocycles. The predicted octanol–water partition coefficient (Wildman–Crippen LogP) is 5.86. The normalized spacial score (nSPS) is 37.8. The van der Waals surface area contributed by atoms with Crippen LogP contribution in [0.15, 0.2) is 23.8 Å². The second-order valence-electron chi connectivity index (χ2n) is 16.4. The van der Waals surface area contributed by atoms with Crippen LogP contribution in [0.1, 0.15) is 106 Å². The van der Waals surface area contributed by atoms with Crippen LogP contribution in [-0.4, -0.2) is 77.5 Å². The number of nitrogens with zero attached hydrogens (tertiary/aromatic N) is 1. The molecule has 3 N–H and O–H groups in total. The number of ether oxygens (including phenoxy) is 1. The number of aliphatic carboxylic acids is 1. The Bertz CT molecular complexity index is 1320. The van der Waals surface area contributed by atoms with Gasteiger partial charge in [0, 0.05) is 31.0 Å². The molecule has 5 rings (SSSR count). The van der Waals surface area contributed by atoms with E-state index in [1.165, 1.54) is 5.57 Å². The van der Waals surface area contributed by atoms with Crippen molar-refractivity contribution in [3.63, 3.8) is 0 Å². The Kier molecular flexibility index (Phi) is 10.3. The van der Waals surface area contributed by atoms with Gasteiger partial charge in [0.25, 0.3) is 10.1 Å². The van der Waals surface area contributed by atoms with Gasteiger partial charge in [0.2, 0.25) is 5.91 Å². The second-order valence-corrected chi connectivity index (χ2v) is 18.1. The topological polar surface area (TPSA) is 133 Å². The maximum Gasteiger partial charge on any atom is 0.322 e. The van der Waals surface area contributed by atoms with Gasteiger partial charge >= 0.3 is 5.97 Å². The zero-order valence-electron chi connectivity index (χ0n) is 28.8. The number of carbonyl (C=O) groups excluding carboxylic acids is 1. The van der Waals surface area contributed by atoms with Crippen molar-refractivity contribution in [1.82, 2.24) is 10.2 Å². The summed E-state index contributed by atoms with van der Waals surface area (Å²) in [4.78, 5) is 26.2. The van der Waals surface area contributed by atoms with Gasteiger partial charge in [-0.3, -0.25) is 19.0 Å². The summed E-state index contributed by atoms with van der Waals surface area (Å²) in [5, 5.41) is 10.8. The molecule has 260 valence electrons. The molecule has 0 aromatic heterocycles. The number of carboxylic acids is 1. The van der Waals surface area contributed by atoms with E-state index in [0.717, 1.165) is 57.1 Å². The number of amides is 1. The van der Waals surface area contributed by atoms with Crippen LogP contribution in [0.25, 0.3) is 0 Å². The predicted molar refractivity (Wildman–Crippen MR) is 179 cm³/mol. The molecule has 46 heavy (non-hydrogen) atoms. The van der Waals surface area contributed by atoms with Crippen molar-refractivity contribution in [2.24, 2.45) is 40.4 Å². The van der Waals surface area contributed by atoms with Crippen molar-refractivity contribution in [3.05, 3.63) is 23.8 Å². The first-order chi connectivity index (χ1) is 21.5. The number of rotatable bonds is 10. The zero-order valence-corrected chi connectivity index (χ0v) is 29.7. The van der Waals surface area contributed by atoms with Gasteiger partial charge in [-0.15, -0.1) is 0 Å². The lowest BCUT2D eigenvalue weighted by atomic mass is 9.60. The standard InChI is InChI=1S/C36H58N2O7S/c1-8-9-30-25(22(3)35(4,5)27-18-24(46(42,43)44)12-10-21(27)2)19-26-31(45-30)14-15-38-29-13-11-23(17-32(39)37-20-33(40)41)16-28(29)36(6,7)34(26)38/h19,21,23-24,26-31,34H,3,8-18,20H2,1-2,4-7H3,(H,37,39)(H,40,41)(H,42,43,44). The SMILES string of the molecule is C=C(C1=CC2C(CCN3C4CCC(CC(=O)NCC(=O)O)CC4C(C)(C)C23)OC1CCC)C(C)(C)C1CC(S(=O)(=O)O)CCC1C. The Morgan fingerprint density at radius 3 is 2.52 bits per heavy atom. The van der Waals surface area contributed by atoms with Crippen LogP contribution in [0.4, 0.5) is 0 Å². The number of nitrogens with one attached hydrogen (secondary N) is 1. The molecular weight excluding hydrogens is 604 g/mol. The third-order valence-electron chi connectivity index (χ3n) is 13.0. The molecule has 5 aliphatic rings. The lowest BCUT2D eigenvalue weighted by molar-refractivity contribution is -0.138. The van der Waals surface area contributed by atoms with Crippen molar-refractivity contribution >= 4 is 22.0 Å². The Balaban J connectivity index is 1.41. The van der Waals surface area contributed by atoms with E-state index in [4.69, 9.17) is 16.4 Å². The number of carboxylic acid groups (broad SMARTS) is 1. The minimum atomic E-state index is -4.10. The summed E-state index contributed by atoms with van der Waals surface area (Å²) in [6, 6.07) is 0.761. The van der Waals surface area contributed by atoms with Crippen LogP contribution in [-0.2, 0) is 24.4 Å². The van der Waals surface area contributed by atoms with Gasteiger partial charge in [-0.25, -0.2) is 0 Å². The molecule has 1 amide bonds. The Morgan fingerprint density at radius 1 is 1.15 bits per heavy atom. The van der Waals surface area contributed by atoms with Gasteiger partial charge in [0.05, 0.1) is 17.5 Å². The molecule has 3 aliphatic heterocycles. The number of fused-ring (bicyclic) bond motifs is 5. The van der Waals surface area contributed by atoms with E-state index in [1.807, 2.05) is 0 Å². The van der Waals surface area contributed by atoms with E-state index in [-0.39, 0.29) is 53.2 Å². The summed E-state index contributed by atoms with van der Waals surface area (Å²) < 4.78 is 41.3. The monoisotopic (exact) mass is 662 g/mol. The fraction of sp³-hybridized carbons (Fsp3) is 0.833. The Hall–Kier alpha value is -1.75. The van der Waals surface area contributed by atoms with Crippen molar-refractivity contribution in [1.29, 1.82) is 0 Å². The van der Waals surface area contributed by atoms with E-state index in [2.05, 4.69) is 57.8 Å². The van der Waals surface area contributed by atoms with Crippen molar-refractivity contribution in [2.45, 2.75) is 135 Å². The number of hydrogen-bond acceptors (Lipinski definition) is 6. The number of hydrogen-bond donors (Lipinski definition) is 3. The maximum absolute atomic E-state index is 12.5. The molecule has 0 radical (unpaired) electrons. The number of piperidine rings is 1. The molecule has 3 heterocycles. The minimum Gasteiger partial charge on any atom is -0.480 e. The molecule has 10 unspecified atom stereocenters. The smallest absolute Gasteiger partial charge is 0.322 e. The van der Waals surface area contributed by atoms with Gasteiger partial charge in [0.1, 0.15) is 6.54 Å². The van der Waals surface area contributed by atoms with Crippen molar-refractivity contribution in [3.8, 4) is 0 Å². The largest absolute Gasteiger partial charge is 0.480 e. The fourth-order valence-corrected chi connectivity index (χ4v) is 11.5. The van der Waals surface area contributed by atoms with Crippen molar-refractivity contribution < 1.29 is 32.4 Å². The van der Waals surface area contributed by atoms with E-state index >= 15 is 0 Å². The minimum absolute atomic E-state index is 0.00970. The molecule has 10 atom stereocenters. The highest BCUT2D eigenvalue weighted by molar-refractivity contribution is 7.86. The van der Waals surface area contributed by atoms with Gasteiger partial charge in [-0.2, -0.15) is 8.42 Å². The molecule has 2 saturated heterocycles. The molecular formula is C36H58N2O7S. The van der Waals surface area contributed by atoms with Crippen LogP contribution in [0.2, 0.25) is 0 Å². The summed E-state index contributed by atoms with van der Waals surface area (Å²) in [7, 11) is -4.10. The van der Waals surface area contributed by atoms with Crippen LogP contribution in [0.3, 0.4) is 0 Å². The van der Waals surface area contributed by atoms with Crippen LogP contribution in [0.5, 0.6) is 0 Å². The maximum atomic E-state index is 12.5. The first-order valence-electron chi connectivity index (χ1n) is 17.7. The summed E-state index contributed by atoms with van der Waals surface area (Å²) in [5.74, 6) is 0.0765. The van der Waals surface area contributed by atoms with Crippen LogP contribution >= 0.6 is 0 Å². The average Bonchev–Trinajstić information content (AvgIpc) is 3.21. The summed E-state index contributed by atoms with van der Waals surface area (Å²) in [6.07, 6.45) is 10.5. The molecule has 4 fully saturated rings. The zero-order chi connectivity index (χ0) is 33.8. The highest BCUT2D eigenvalue weighted by atomic mass is 32.2. The quantitative estimate of drug-likeness (QED) is 0.248. The summed E-state index contributed by atoms with van der Waals surface area (Å²) in [5.41, 5.74) is 1.83. The molecule has 0 aromatic carbocycles. The fourth-order valence-electron chi connectivity index (χ4n) is 10.6. The second kappa shape index (κ2) is 13.3. The molecule has 2 aliphatic carbocycles. The lowest BCUT2D eigenvalue weighted by Crippen LogP contribution is -2.56. The molecule has 0 aromatic rings. The van der Waals surface area contributed by atoms with Crippen molar-refractivity contribution in [2.75, 3.05) is 13.1 Å². The lowest BCUT2D eigenvalue weighted by Gasteiger charge is -2.51. The molecule has 0 bridgehead atoms. The Morgan fingerprint density at radius 2 is 1.87 bits per heavy atom. The van der Waals surface area contributed by atoms with Gasteiger partial charge in [-0.1, -0.05) is 60.6 Å².